The number of aryl methyl sites for hydroxylation is 1. The zero-order chi connectivity index (χ0) is 23.1. The van der Waals surface area contributed by atoms with Gasteiger partial charge in [0.1, 0.15) is 0 Å². The molecule has 1 aromatic heterocycles. The van der Waals surface area contributed by atoms with Gasteiger partial charge in [-0.25, -0.2) is 4.79 Å². The molecule has 0 radical (unpaired) electrons. The third kappa shape index (κ3) is 3.78. The summed E-state index contributed by atoms with van der Waals surface area (Å²) in [5, 5.41) is 1.20. The van der Waals surface area contributed by atoms with Gasteiger partial charge in [-0.05, 0) is 73.1 Å². The van der Waals surface area contributed by atoms with Crippen LogP contribution >= 0.6 is 0 Å². The van der Waals surface area contributed by atoms with Crippen LogP contribution in [-0.2, 0) is 9.53 Å². The molecule has 3 aromatic rings. The molecule has 1 N–H and O–H groups in total. The van der Waals surface area contributed by atoms with Gasteiger partial charge in [0.05, 0.1) is 6.61 Å². The van der Waals surface area contributed by atoms with Crippen molar-refractivity contribution >= 4 is 22.9 Å². The van der Waals surface area contributed by atoms with Gasteiger partial charge in [0.15, 0.2) is 0 Å². The molecule has 2 aliphatic rings. The van der Waals surface area contributed by atoms with Crippen molar-refractivity contribution in [2.75, 3.05) is 6.61 Å². The molecule has 1 heterocycles. The second-order valence-corrected chi connectivity index (χ2v) is 9.09. The minimum atomic E-state index is -0.225. The van der Waals surface area contributed by atoms with E-state index in [9.17, 15) is 4.79 Å². The normalized spacial score (nSPS) is 21.5. The minimum Gasteiger partial charge on any atom is -0.463 e. The van der Waals surface area contributed by atoms with Gasteiger partial charge in [-0.1, -0.05) is 66.3 Å². The summed E-state index contributed by atoms with van der Waals surface area (Å²) in [6.07, 6.45) is 5.24. The quantitative estimate of drug-likeness (QED) is 0.447. The summed E-state index contributed by atoms with van der Waals surface area (Å²) < 4.78 is 5.49. The number of fused-ring (bicyclic) bond motifs is 2. The molecular formula is C30H29NO2. The van der Waals surface area contributed by atoms with Gasteiger partial charge in [0.2, 0.25) is 0 Å². The van der Waals surface area contributed by atoms with E-state index in [0.717, 1.165) is 39.9 Å². The molecule has 2 aromatic carbocycles. The van der Waals surface area contributed by atoms with E-state index in [1.54, 1.807) is 0 Å². The van der Waals surface area contributed by atoms with Crippen LogP contribution in [0.15, 0.2) is 95.1 Å². The Hall–Kier alpha value is -3.59. The predicted octanol–water partition coefficient (Wildman–Crippen LogP) is 7.04. The maximum atomic E-state index is 13.1. The number of aromatic nitrogens is 1. The van der Waals surface area contributed by atoms with Gasteiger partial charge < -0.3 is 9.72 Å². The number of aromatic amines is 1. The third-order valence-electron chi connectivity index (χ3n) is 6.87. The van der Waals surface area contributed by atoms with E-state index in [0.29, 0.717) is 6.61 Å². The number of ether oxygens (including phenoxy) is 1. The molecule has 1 fully saturated rings. The van der Waals surface area contributed by atoms with Gasteiger partial charge >= 0.3 is 5.97 Å². The van der Waals surface area contributed by atoms with Gasteiger partial charge in [-0.15, -0.1) is 0 Å². The van der Waals surface area contributed by atoms with Crippen LogP contribution < -0.4 is 0 Å². The van der Waals surface area contributed by atoms with Crippen molar-refractivity contribution in [1.82, 2.24) is 4.98 Å². The number of carbonyl (C=O) groups is 1. The molecule has 0 spiro atoms. The van der Waals surface area contributed by atoms with Crippen LogP contribution in [0.25, 0.3) is 17.0 Å². The SMILES string of the molecule is C=C1/C(=C\c2cc3ccccc3[nH]2)CC2=CC(C)=C(C(=O)OCC)C(c3ccc(C)cc3)C12. The van der Waals surface area contributed by atoms with E-state index in [-0.39, 0.29) is 17.8 Å². The number of nitrogens with one attached hydrogen (secondary N) is 1. The van der Waals surface area contributed by atoms with E-state index in [1.807, 2.05) is 19.9 Å². The summed E-state index contributed by atoms with van der Waals surface area (Å²) >= 11 is 0. The van der Waals surface area contributed by atoms with E-state index in [1.165, 1.54) is 22.1 Å². The molecule has 0 saturated heterocycles. The van der Waals surface area contributed by atoms with Crippen LogP contribution in [0.5, 0.6) is 0 Å². The Morgan fingerprint density at radius 3 is 2.61 bits per heavy atom. The van der Waals surface area contributed by atoms with Crippen molar-refractivity contribution in [3.8, 4) is 0 Å². The topological polar surface area (TPSA) is 42.1 Å². The summed E-state index contributed by atoms with van der Waals surface area (Å²) in [5.41, 5.74) is 9.90. The van der Waals surface area contributed by atoms with Crippen molar-refractivity contribution in [3.63, 3.8) is 0 Å². The first kappa shape index (κ1) is 21.3. The second kappa shape index (κ2) is 8.40. The molecule has 5 rings (SSSR count). The Kier molecular flexibility index (Phi) is 5.41. The lowest BCUT2D eigenvalue weighted by Crippen LogP contribution is -2.25. The summed E-state index contributed by atoms with van der Waals surface area (Å²) in [5.74, 6) is -0.256. The minimum absolute atomic E-state index is 0.0615. The number of esters is 1. The highest BCUT2D eigenvalue weighted by Gasteiger charge is 2.42. The number of para-hydroxylation sites is 1. The molecule has 2 atom stereocenters. The van der Waals surface area contributed by atoms with Crippen LogP contribution in [0.3, 0.4) is 0 Å². The predicted molar refractivity (Wildman–Crippen MR) is 135 cm³/mol. The number of hydrogen-bond acceptors (Lipinski definition) is 2. The number of carbonyl (C=O) groups excluding carboxylic acids is 1. The lowest BCUT2D eigenvalue weighted by molar-refractivity contribution is -0.139. The molecule has 3 heteroatoms. The van der Waals surface area contributed by atoms with Crippen molar-refractivity contribution in [2.24, 2.45) is 5.92 Å². The Morgan fingerprint density at radius 1 is 1.12 bits per heavy atom. The molecule has 0 bridgehead atoms. The fraction of sp³-hybridized carbons (Fsp3) is 0.233. The Bertz CT molecular complexity index is 1310. The average molecular weight is 436 g/mol. The molecule has 2 unspecified atom stereocenters. The van der Waals surface area contributed by atoms with Crippen molar-refractivity contribution in [2.45, 2.75) is 33.1 Å². The Balaban J connectivity index is 1.58. The molecule has 0 aliphatic heterocycles. The van der Waals surface area contributed by atoms with Gasteiger partial charge in [-0.2, -0.15) is 0 Å². The van der Waals surface area contributed by atoms with Gasteiger partial charge in [0.25, 0.3) is 0 Å². The second-order valence-electron chi connectivity index (χ2n) is 9.09. The largest absolute Gasteiger partial charge is 0.463 e. The van der Waals surface area contributed by atoms with E-state index < -0.39 is 0 Å². The number of rotatable bonds is 4. The van der Waals surface area contributed by atoms with Crippen LogP contribution in [0.2, 0.25) is 0 Å². The van der Waals surface area contributed by atoms with E-state index in [2.05, 4.69) is 79.2 Å². The first-order valence-corrected chi connectivity index (χ1v) is 11.6. The van der Waals surface area contributed by atoms with Gasteiger partial charge in [-0.3, -0.25) is 0 Å². The molecule has 2 aliphatic carbocycles. The fourth-order valence-electron chi connectivity index (χ4n) is 5.33. The highest BCUT2D eigenvalue weighted by atomic mass is 16.5. The summed E-state index contributed by atoms with van der Waals surface area (Å²) in [4.78, 5) is 16.6. The van der Waals surface area contributed by atoms with Crippen LogP contribution in [0, 0.1) is 12.8 Å². The third-order valence-corrected chi connectivity index (χ3v) is 6.87. The zero-order valence-corrected chi connectivity index (χ0v) is 19.4. The molecular weight excluding hydrogens is 406 g/mol. The Morgan fingerprint density at radius 2 is 1.88 bits per heavy atom. The number of allylic oxidation sites excluding steroid dienone is 5. The molecule has 1 saturated carbocycles. The van der Waals surface area contributed by atoms with Crippen molar-refractivity contribution in [3.05, 3.63) is 112 Å². The first-order valence-electron chi connectivity index (χ1n) is 11.6. The monoisotopic (exact) mass is 435 g/mol. The maximum absolute atomic E-state index is 13.1. The average Bonchev–Trinajstić information content (AvgIpc) is 3.34. The van der Waals surface area contributed by atoms with E-state index in [4.69, 9.17) is 4.74 Å². The highest BCUT2D eigenvalue weighted by Crippen LogP contribution is 2.53. The first-order chi connectivity index (χ1) is 16.0. The van der Waals surface area contributed by atoms with Crippen molar-refractivity contribution in [1.29, 1.82) is 0 Å². The van der Waals surface area contributed by atoms with Crippen LogP contribution in [-0.4, -0.2) is 17.6 Å². The van der Waals surface area contributed by atoms with Crippen LogP contribution in [0.4, 0.5) is 0 Å². The van der Waals surface area contributed by atoms with Gasteiger partial charge in [0, 0.05) is 28.6 Å². The number of benzene rings is 2. The maximum Gasteiger partial charge on any atom is 0.334 e. The smallest absolute Gasteiger partial charge is 0.334 e. The van der Waals surface area contributed by atoms with E-state index >= 15 is 0 Å². The molecule has 0 amide bonds. The zero-order valence-electron chi connectivity index (χ0n) is 19.4. The fourth-order valence-corrected chi connectivity index (χ4v) is 5.33. The lowest BCUT2D eigenvalue weighted by Gasteiger charge is -2.32. The van der Waals surface area contributed by atoms with Crippen LogP contribution in [0.1, 0.15) is 43.0 Å². The molecule has 33 heavy (non-hydrogen) atoms. The summed E-state index contributed by atoms with van der Waals surface area (Å²) in [6, 6.07) is 19.0. The highest BCUT2D eigenvalue weighted by molar-refractivity contribution is 5.93. The summed E-state index contributed by atoms with van der Waals surface area (Å²) in [7, 11) is 0. The summed E-state index contributed by atoms with van der Waals surface area (Å²) in [6.45, 7) is 10.9. The molecule has 166 valence electrons. The molecule has 3 nitrogen and oxygen atoms in total. The number of H-pyrrole nitrogens is 1. The number of hydrogen-bond donors (Lipinski definition) is 1. The standard InChI is InChI=1S/C30H29NO2/c1-5-33-30(32)27-19(3)14-24-15-23(17-25-16-22-8-6-7-9-26(22)31-25)20(4)28(24)29(27)21-12-10-18(2)11-13-21/h6-14,16-17,28-29,31H,4-5,15H2,1-3H3/b23-17-. The van der Waals surface area contributed by atoms with Crippen molar-refractivity contribution < 1.29 is 9.53 Å². The Labute approximate surface area is 195 Å². The lowest BCUT2D eigenvalue weighted by atomic mass is 9.71.